The van der Waals surface area contributed by atoms with Crippen molar-refractivity contribution in [2.24, 2.45) is 5.73 Å². The molecule has 0 heterocycles. The first-order valence-electron chi connectivity index (χ1n) is 3.74. The van der Waals surface area contributed by atoms with Gasteiger partial charge in [-0.1, -0.05) is 12.1 Å². The Morgan fingerprint density at radius 3 is 2.71 bits per heavy atom. The first-order chi connectivity index (χ1) is 6.15. The molecule has 1 atom stereocenters. The summed E-state index contributed by atoms with van der Waals surface area (Å²) in [5.74, 6) is -0.415. The molecular formula is C9H11ClINO2. The van der Waals surface area contributed by atoms with Crippen molar-refractivity contribution < 1.29 is 9.53 Å². The summed E-state index contributed by atoms with van der Waals surface area (Å²) in [5.41, 5.74) is 6.42. The maximum Gasteiger partial charge on any atom is 0.327 e. The second kappa shape index (κ2) is 6.21. The number of hydrogen-bond acceptors (Lipinski definition) is 3. The summed E-state index contributed by atoms with van der Waals surface area (Å²) in [6.45, 7) is 0. The molecule has 0 bridgehead atoms. The molecule has 0 aliphatic carbocycles. The van der Waals surface area contributed by atoms with E-state index in [1.54, 1.807) is 0 Å². The monoisotopic (exact) mass is 327 g/mol. The van der Waals surface area contributed by atoms with Gasteiger partial charge in [0.15, 0.2) is 0 Å². The molecule has 0 amide bonds. The second-order valence-electron chi connectivity index (χ2n) is 2.56. The van der Waals surface area contributed by atoms with Gasteiger partial charge in [0.1, 0.15) is 6.04 Å². The summed E-state index contributed by atoms with van der Waals surface area (Å²) in [7, 11) is 1.33. The lowest BCUT2D eigenvalue weighted by molar-refractivity contribution is -0.142. The molecule has 0 aromatic heterocycles. The van der Waals surface area contributed by atoms with Gasteiger partial charge >= 0.3 is 5.97 Å². The minimum Gasteiger partial charge on any atom is -0.468 e. The maximum absolute atomic E-state index is 11.1. The van der Waals surface area contributed by atoms with E-state index in [9.17, 15) is 4.79 Å². The van der Waals surface area contributed by atoms with Gasteiger partial charge in [0.25, 0.3) is 0 Å². The normalized spacial score (nSPS) is 11.4. The van der Waals surface area contributed by atoms with Crippen molar-refractivity contribution >= 4 is 41.0 Å². The Morgan fingerprint density at radius 2 is 2.21 bits per heavy atom. The molecule has 0 radical (unpaired) electrons. The van der Waals surface area contributed by atoms with E-state index >= 15 is 0 Å². The predicted octanol–water partition coefficient (Wildman–Crippen LogP) is 1.89. The summed E-state index contributed by atoms with van der Waals surface area (Å²) in [6.07, 6.45) is 0. The molecule has 0 saturated heterocycles. The molecule has 1 unspecified atom stereocenters. The van der Waals surface area contributed by atoms with Crippen LogP contribution in [0.15, 0.2) is 24.3 Å². The molecule has 5 heteroatoms. The van der Waals surface area contributed by atoms with Crippen molar-refractivity contribution in [3.05, 3.63) is 33.4 Å². The van der Waals surface area contributed by atoms with Gasteiger partial charge in [-0.25, -0.2) is 0 Å². The molecule has 0 aliphatic heterocycles. The van der Waals surface area contributed by atoms with E-state index in [1.165, 1.54) is 7.11 Å². The minimum absolute atomic E-state index is 0. The van der Waals surface area contributed by atoms with E-state index in [1.807, 2.05) is 24.3 Å². The summed E-state index contributed by atoms with van der Waals surface area (Å²) in [6, 6.07) is 6.79. The average Bonchev–Trinajstić information content (AvgIpc) is 2.15. The number of hydrogen-bond donors (Lipinski definition) is 1. The Balaban J connectivity index is 0.00000169. The van der Waals surface area contributed by atoms with E-state index in [2.05, 4.69) is 27.3 Å². The van der Waals surface area contributed by atoms with E-state index < -0.39 is 12.0 Å². The zero-order valence-corrected chi connectivity index (χ0v) is 10.5. The van der Waals surface area contributed by atoms with Gasteiger partial charge in [0.2, 0.25) is 0 Å². The number of methoxy groups -OCH3 is 1. The molecule has 78 valence electrons. The Labute approximate surface area is 103 Å². The summed E-state index contributed by atoms with van der Waals surface area (Å²) in [4.78, 5) is 11.1. The van der Waals surface area contributed by atoms with Gasteiger partial charge in [0.05, 0.1) is 7.11 Å². The lowest BCUT2D eigenvalue weighted by Gasteiger charge is -2.09. The predicted molar refractivity (Wildman–Crippen MR) is 65.4 cm³/mol. The first-order valence-corrected chi connectivity index (χ1v) is 4.82. The summed E-state index contributed by atoms with van der Waals surface area (Å²) in [5, 5.41) is 0. The number of halogens is 2. The fourth-order valence-corrected chi connectivity index (χ4v) is 1.53. The van der Waals surface area contributed by atoms with Crippen LogP contribution in [0.3, 0.4) is 0 Å². The van der Waals surface area contributed by atoms with Crippen molar-refractivity contribution in [2.45, 2.75) is 6.04 Å². The van der Waals surface area contributed by atoms with Gasteiger partial charge in [0, 0.05) is 3.57 Å². The molecule has 1 aromatic carbocycles. The molecule has 0 aliphatic rings. The highest BCUT2D eigenvalue weighted by atomic mass is 127. The third kappa shape index (κ3) is 3.43. The van der Waals surface area contributed by atoms with Gasteiger partial charge in [-0.3, -0.25) is 4.79 Å². The molecule has 2 N–H and O–H groups in total. The lowest BCUT2D eigenvalue weighted by Crippen LogP contribution is -2.22. The fraction of sp³-hybridized carbons (Fsp3) is 0.222. The maximum atomic E-state index is 11.1. The van der Waals surface area contributed by atoms with Gasteiger partial charge in [-0.05, 0) is 40.3 Å². The van der Waals surface area contributed by atoms with Crippen LogP contribution in [-0.2, 0) is 9.53 Å². The Morgan fingerprint density at radius 1 is 1.57 bits per heavy atom. The second-order valence-corrected chi connectivity index (χ2v) is 3.80. The van der Waals surface area contributed by atoms with Crippen LogP contribution in [-0.4, -0.2) is 13.1 Å². The van der Waals surface area contributed by atoms with Crippen LogP contribution in [0, 0.1) is 3.57 Å². The van der Waals surface area contributed by atoms with Crippen molar-refractivity contribution in [2.75, 3.05) is 7.11 Å². The Kier molecular flexibility index (Phi) is 6.06. The number of carbonyl (C=O) groups excluding carboxylic acids is 1. The Hall–Kier alpha value is -0.330. The third-order valence-corrected chi connectivity index (χ3v) is 2.33. The quantitative estimate of drug-likeness (QED) is 0.666. The highest BCUT2D eigenvalue weighted by Gasteiger charge is 2.15. The molecular weight excluding hydrogens is 316 g/mol. The molecule has 3 nitrogen and oxygen atoms in total. The van der Waals surface area contributed by atoms with Crippen LogP contribution in [0.5, 0.6) is 0 Å². The van der Waals surface area contributed by atoms with Crippen molar-refractivity contribution in [1.82, 2.24) is 0 Å². The number of esters is 1. The summed E-state index contributed by atoms with van der Waals surface area (Å²) >= 11 is 2.17. The molecule has 1 aromatic rings. The van der Waals surface area contributed by atoms with Crippen LogP contribution in [0.4, 0.5) is 0 Å². The Bertz CT molecular complexity index is 319. The zero-order chi connectivity index (χ0) is 9.84. The van der Waals surface area contributed by atoms with Crippen LogP contribution >= 0.6 is 35.0 Å². The summed E-state index contributed by atoms with van der Waals surface area (Å²) < 4.78 is 5.59. The van der Waals surface area contributed by atoms with E-state index in [0.717, 1.165) is 9.13 Å². The number of carbonyl (C=O) groups is 1. The molecule has 14 heavy (non-hydrogen) atoms. The smallest absolute Gasteiger partial charge is 0.327 e. The van der Waals surface area contributed by atoms with Crippen LogP contribution in [0.25, 0.3) is 0 Å². The van der Waals surface area contributed by atoms with E-state index in [-0.39, 0.29) is 12.4 Å². The molecule has 0 saturated carbocycles. The van der Waals surface area contributed by atoms with Crippen molar-refractivity contribution in [1.29, 1.82) is 0 Å². The van der Waals surface area contributed by atoms with Crippen molar-refractivity contribution in [3.63, 3.8) is 0 Å². The molecule has 1 rings (SSSR count). The van der Waals surface area contributed by atoms with Gasteiger partial charge in [-0.15, -0.1) is 12.4 Å². The number of benzene rings is 1. The van der Waals surface area contributed by atoms with Crippen LogP contribution in [0.2, 0.25) is 0 Å². The molecule has 0 spiro atoms. The minimum atomic E-state index is -0.681. The highest BCUT2D eigenvalue weighted by Crippen LogP contribution is 2.14. The van der Waals surface area contributed by atoms with Crippen LogP contribution in [0.1, 0.15) is 11.6 Å². The van der Waals surface area contributed by atoms with Gasteiger partial charge in [-0.2, -0.15) is 0 Å². The van der Waals surface area contributed by atoms with Crippen LogP contribution < -0.4 is 5.73 Å². The first kappa shape index (κ1) is 13.7. The highest BCUT2D eigenvalue weighted by molar-refractivity contribution is 14.1. The lowest BCUT2D eigenvalue weighted by atomic mass is 10.1. The van der Waals surface area contributed by atoms with Crippen molar-refractivity contribution in [3.8, 4) is 0 Å². The number of rotatable bonds is 2. The number of ether oxygens (including phenoxy) is 1. The van der Waals surface area contributed by atoms with E-state index in [4.69, 9.17) is 5.73 Å². The van der Waals surface area contributed by atoms with E-state index in [0.29, 0.717) is 0 Å². The largest absolute Gasteiger partial charge is 0.468 e. The standard InChI is InChI=1S/C9H10INO2.ClH/c1-13-9(12)8(11)6-3-2-4-7(10)5-6;/h2-5,8H,11H2,1H3;1H. The number of nitrogens with two attached hydrogens (primary N) is 1. The fourth-order valence-electron chi connectivity index (χ4n) is 0.963. The average molecular weight is 328 g/mol. The molecule has 0 fully saturated rings. The van der Waals surface area contributed by atoms with Gasteiger partial charge < -0.3 is 10.5 Å². The zero-order valence-electron chi connectivity index (χ0n) is 7.57. The third-order valence-electron chi connectivity index (χ3n) is 1.66. The topological polar surface area (TPSA) is 52.3 Å². The SMILES string of the molecule is COC(=O)C(N)c1cccc(I)c1.Cl.